The predicted molar refractivity (Wildman–Crippen MR) is 52.2 cm³/mol. The molecular weight excluding hydrogens is 284 g/mol. The predicted octanol–water partition coefficient (Wildman–Crippen LogP) is 1.23. The molecule has 0 bridgehead atoms. The van der Waals surface area contributed by atoms with Crippen molar-refractivity contribution in [3.63, 3.8) is 0 Å². The number of sulfonamides is 1. The van der Waals surface area contributed by atoms with E-state index in [0.29, 0.717) is 6.07 Å². The molecule has 0 aliphatic heterocycles. The van der Waals surface area contributed by atoms with Crippen molar-refractivity contribution in [1.29, 1.82) is 0 Å². The van der Waals surface area contributed by atoms with Crippen LogP contribution in [-0.2, 0) is 10.0 Å². The summed E-state index contributed by atoms with van der Waals surface area (Å²) in [5.74, 6) is -1.19. The lowest BCUT2D eigenvalue weighted by atomic mass is 10.3. The van der Waals surface area contributed by atoms with Gasteiger partial charge in [-0.15, -0.1) is 0 Å². The molecule has 0 atom stereocenters. The van der Waals surface area contributed by atoms with Gasteiger partial charge in [-0.05, 0) is 9.91 Å². The Morgan fingerprint density at radius 1 is 1.53 bits per heavy atom. The maximum absolute atomic E-state index is 12.3. The zero-order valence-electron chi connectivity index (χ0n) is 7.80. The fraction of sp³-hybridized carbons (Fsp3) is 0.167. The minimum absolute atomic E-state index is 0.398. The molecule has 0 aromatic carbocycles. The van der Waals surface area contributed by atoms with E-state index in [1.54, 1.807) is 0 Å². The lowest BCUT2D eigenvalue weighted by Gasteiger charge is -2.03. The lowest BCUT2D eigenvalue weighted by Crippen LogP contribution is -2.15. The van der Waals surface area contributed by atoms with Crippen molar-refractivity contribution in [2.75, 3.05) is 0 Å². The summed E-state index contributed by atoms with van der Waals surface area (Å²) < 4.78 is 46.7. The molecule has 0 fully saturated rings. The van der Waals surface area contributed by atoms with E-state index in [4.69, 9.17) is 11.6 Å². The number of hydrogen-bond acceptors (Lipinski definition) is 5. The van der Waals surface area contributed by atoms with E-state index in [1.807, 2.05) is 0 Å². The molecule has 1 aromatic rings. The average molecular weight is 288 g/mol. The van der Waals surface area contributed by atoms with E-state index >= 15 is 0 Å². The summed E-state index contributed by atoms with van der Waals surface area (Å²) in [5.41, 5.74) is -1.09. The Labute approximate surface area is 98.4 Å². The third-order valence-corrected chi connectivity index (χ3v) is 3.05. The van der Waals surface area contributed by atoms with Crippen molar-refractivity contribution < 1.29 is 22.1 Å². The number of aromatic nitrogens is 1. The van der Waals surface area contributed by atoms with Crippen molar-refractivity contribution in [1.82, 2.24) is 4.98 Å². The second kappa shape index (κ2) is 4.47. The third-order valence-electron chi connectivity index (χ3n) is 1.63. The minimum Gasteiger partial charge on any atom is -0.358 e. The smallest absolute Gasteiger partial charge is 0.358 e. The molecule has 11 heteroatoms. The summed E-state index contributed by atoms with van der Waals surface area (Å²) in [4.78, 5) is 11.3. The largest absolute Gasteiger partial charge is 0.384 e. The SMILES string of the molecule is NS(=O)(=O)c1cc(C(F)F)nc([N+](=O)[O-])c1Cl. The van der Waals surface area contributed by atoms with Crippen LogP contribution in [0.2, 0.25) is 5.02 Å². The van der Waals surface area contributed by atoms with Crippen molar-refractivity contribution in [3.8, 4) is 0 Å². The van der Waals surface area contributed by atoms with Crippen LogP contribution in [0.25, 0.3) is 0 Å². The lowest BCUT2D eigenvalue weighted by molar-refractivity contribution is -0.389. The highest BCUT2D eigenvalue weighted by Gasteiger charge is 2.29. The molecule has 0 saturated carbocycles. The van der Waals surface area contributed by atoms with Gasteiger partial charge >= 0.3 is 12.2 Å². The molecule has 0 aliphatic rings. The standard InChI is InChI=1S/C6H4ClF2N3O4S/c7-4-3(17(10,15)16)1-2(5(8)9)11-6(4)12(13)14/h1,5H,(H2,10,15,16). The molecule has 94 valence electrons. The van der Waals surface area contributed by atoms with Gasteiger partial charge in [0.1, 0.15) is 4.90 Å². The normalized spacial score (nSPS) is 11.8. The Morgan fingerprint density at radius 3 is 2.41 bits per heavy atom. The van der Waals surface area contributed by atoms with Gasteiger partial charge in [-0.3, -0.25) is 0 Å². The molecule has 0 spiro atoms. The van der Waals surface area contributed by atoms with E-state index < -0.39 is 42.8 Å². The van der Waals surface area contributed by atoms with Gasteiger partial charge in [0.25, 0.3) is 0 Å². The number of primary sulfonamides is 1. The number of rotatable bonds is 3. The van der Waals surface area contributed by atoms with Crippen LogP contribution in [0.1, 0.15) is 12.1 Å². The van der Waals surface area contributed by atoms with Crippen LogP contribution in [0, 0.1) is 10.1 Å². The average Bonchev–Trinajstić information content (AvgIpc) is 2.15. The highest BCUT2D eigenvalue weighted by Crippen LogP contribution is 2.32. The summed E-state index contributed by atoms with van der Waals surface area (Å²) in [5, 5.41) is 14.2. The zero-order valence-corrected chi connectivity index (χ0v) is 9.37. The number of halogens is 3. The Hall–Kier alpha value is -1.39. The van der Waals surface area contributed by atoms with Gasteiger partial charge in [-0.2, -0.15) is 0 Å². The fourth-order valence-corrected chi connectivity index (χ4v) is 2.07. The maximum atomic E-state index is 12.3. The summed E-state index contributed by atoms with van der Waals surface area (Å²) in [6.07, 6.45) is -3.19. The molecule has 0 aliphatic carbocycles. The molecule has 0 amide bonds. The summed E-state index contributed by atoms with van der Waals surface area (Å²) in [6, 6.07) is 0.398. The Kier molecular flexibility index (Phi) is 3.59. The van der Waals surface area contributed by atoms with Crippen LogP contribution in [-0.4, -0.2) is 18.3 Å². The highest BCUT2D eigenvalue weighted by molar-refractivity contribution is 7.89. The molecule has 1 heterocycles. The molecule has 0 unspecified atom stereocenters. The monoisotopic (exact) mass is 287 g/mol. The van der Waals surface area contributed by atoms with Gasteiger partial charge in [-0.1, -0.05) is 11.6 Å². The first-order valence-corrected chi connectivity index (χ1v) is 5.72. The molecule has 17 heavy (non-hydrogen) atoms. The first-order valence-electron chi connectivity index (χ1n) is 3.80. The number of pyridine rings is 1. The minimum atomic E-state index is -4.46. The van der Waals surface area contributed by atoms with Crippen molar-refractivity contribution >= 4 is 27.4 Å². The highest BCUT2D eigenvalue weighted by atomic mass is 35.5. The molecule has 1 rings (SSSR count). The summed E-state index contributed by atoms with van der Waals surface area (Å²) in [7, 11) is -4.46. The Morgan fingerprint density at radius 2 is 2.06 bits per heavy atom. The number of hydrogen-bond donors (Lipinski definition) is 1. The van der Waals surface area contributed by atoms with Gasteiger partial charge in [0.2, 0.25) is 15.7 Å². The van der Waals surface area contributed by atoms with Crippen LogP contribution >= 0.6 is 11.6 Å². The van der Waals surface area contributed by atoms with E-state index in [9.17, 15) is 27.3 Å². The number of nitro groups is 1. The summed E-state index contributed by atoms with van der Waals surface area (Å²) >= 11 is 5.36. The molecule has 2 N–H and O–H groups in total. The Balaban J connectivity index is 3.67. The number of nitrogens with two attached hydrogens (primary N) is 1. The van der Waals surface area contributed by atoms with Gasteiger partial charge in [0, 0.05) is 6.07 Å². The van der Waals surface area contributed by atoms with E-state index in [1.165, 1.54) is 0 Å². The Bertz CT molecular complexity index is 577. The van der Waals surface area contributed by atoms with Crippen molar-refractivity contribution in [2.45, 2.75) is 11.3 Å². The molecule has 0 saturated heterocycles. The van der Waals surface area contributed by atoms with Crippen molar-refractivity contribution in [2.24, 2.45) is 5.14 Å². The number of nitrogens with zero attached hydrogens (tertiary/aromatic N) is 2. The van der Waals surface area contributed by atoms with Crippen LogP contribution in [0.3, 0.4) is 0 Å². The van der Waals surface area contributed by atoms with Crippen LogP contribution in [0.15, 0.2) is 11.0 Å². The number of alkyl halides is 2. The van der Waals surface area contributed by atoms with Crippen LogP contribution in [0.4, 0.5) is 14.6 Å². The zero-order chi connectivity index (χ0) is 13.4. The van der Waals surface area contributed by atoms with Gasteiger partial charge in [0.15, 0.2) is 5.02 Å². The topological polar surface area (TPSA) is 116 Å². The van der Waals surface area contributed by atoms with E-state index in [2.05, 4.69) is 10.1 Å². The van der Waals surface area contributed by atoms with E-state index in [-0.39, 0.29) is 0 Å². The van der Waals surface area contributed by atoms with E-state index in [0.717, 1.165) is 0 Å². The third kappa shape index (κ3) is 2.84. The van der Waals surface area contributed by atoms with Gasteiger partial charge in [0.05, 0.1) is 0 Å². The maximum Gasteiger partial charge on any atom is 0.384 e. The molecule has 7 nitrogen and oxygen atoms in total. The fourth-order valence-electron chi connectivity index (χ4n) is 0.951. The second-order valence-corrected chi connectivity index (χ2v) is 4.69. The second-order valence-electron chi connectivity index (χ2n) is 2.79. The first kappa shape index (κ1) is 13.7. The van der Waals surface area contributed by atoms with Gasteiger partial charge in [-0.25, -0.2) is 22.3 Å². The molecule has 1 aromatic heterocycles. The quantitative estimate of drug-likeness (QED) is 0.663. The molecular formula is C6H4ClF2N3O4S. The van der Waals surface area contributed by atoms with Crippen molar-refractivity contribution in [3.05, 3.63) is 26.9 Å². The summed E-state index contributed by atoms with van der Waals surface area (Å²) in [6.45, 7) is 0. The van der Waals surface area contributed by atoms with Crippen LogP contribution < -0.4 is 5.14 Å². The molecule has 0 radical (unpaired) electrons. The van der Waals surface area contributed by atoms with Crippen LogP contribution in [0.5, 0.6) is 0 Å². The first-order chi connectivity index (χ1) is 7.64. The van der Waals surface area contributed by atoms with Gasteiger partial charge < -0.3 is 10.1 Å².